The van der Waals surface area contributed by atoms with Crippen molar-refractivity contribution >= 4 is 44.0 Å². The minimum Gasteiger partial charge on any atom is -0.496 e. The summed E-state index contributed by atoms with van der Waals surface area (Å²) in [6.45, 7) is 0.284. The number of benzene rings is 2. The van der Waals surface area contributed by atoms with Gasteiger partial charge in [-0.3, -0.25) is 4.79 Å². The molecule has 7 heteroatoms. The van der Waals surface area contributed by atoms with Gasteiger partial charge >= 0.3 is 0 Å². The van der Waals surface area contributed by atoms with Crippen LogP contribution in [-0.2, 0) is 4.79 Å². The fraction of sp³-hybridized carbons (Fsp3) is 0.176. The van der Waals surface area contributed by atoms with Crippen LogP contribution in [-0.4, -0.2) is 25.8 Å². The molecule has 0 fully saturated rings. The number of nitrogens with zero attached hydrogens (tertiary/aromatic N) is 1. The van der Waals surface area contributed by atoms with Crippen LogP contribution in [0.4, 0.5) is 0 Å². The minimum atomic E-state index is -0.214. The predicted molar refractivity (Wildman–Crippen MR) is 101 cm³/mol. The highest BCUT2D eigenvalue weighted by molar-refractivity contribution is 9.10. The Kier molecular flexibility index (Phi) is 7.27. The van der Waals surface area contributed by atoms with Crippen LogP contribution in [0.2, 0.25) is 0 Å². The quantitative estimate of drug-likeness (QED) is 0.504. The highest BCUT2D eigenvalue weighted by Gasteiger charge is 2.02. The Morgan fingerprint density at radius 1 is 1.25 bits per heavy atom. The second-order valence-corrected chi connectivity index (χ2v) is 6.51. The third-order valence-electron chi connectivity index (χ3n) is 2.97. The monoisotopic (exact) mass is 454 g/mol. The highest BCUT2D eigenvalue weighted by Crippen LogP contribution is 2.24. The fourth-order valence-corrected chi connectivity index (χ4v) is 2.75. The van der Waals surface area contributed by atoms with Gasteiger partial charge in [0.05, 0.1) is 30.8 Å². The number of carbonyl (C=O) groups excluding carboxylic acids is 1. The Hall–Kier alpha value is -1.86. The van der Waals surface area contributed by atoms with E-state index in [0.29, 0.717) is 5.75 Å². The van der Waals surface area contributed by atoms with E-state index in [1.807, 2.05) is 42.5 Å². The van der Waals surface area contributed by atoms with E-state index < -0.39 is 0 Å². The maximum atomic E-state index is 11.7. The van der Waals surface area contributed by atoms with Crippen molar-refractivity contribution in [2.75, 3.05) is 13.7 Å². The summed E-state index contributed by atoms with van der Waals surface area (Å²) in [4.78, 5) is 11.7. The van der Waals surface area contributed by atoms with Gasteiger partial charge < -0.3 is 9.47 Å². The molecular formula is C17H16Br2N2O3. The van der Waals surface area contributed by atoms with Crippen molar-refractivity contribution < 1.29 is 14.3 Å². The van der Waals surface area contributed by atoms with Crippen LogP contribution in [0.1, 0.15) is 12.0 Å². The first-order valence-corrected chi connectivity index (χ1v) is 8.71. The molecule has 0 saturated carbocycles. The molecule has 0 atom stereocenters. The van der Waals surface area contributed by atoms with Gasteiger partial charge in [-0.25, -0.2) is 5.43 Å². The first-order valence-electron chi connectivity index (χ1n) is 7.12. The van der Waals surface area contributed by atoms with Gasteiger partial charge in [-0.15, -0.1) is 0 Å². The zero-order chi connectivity index (χ0) is 17.4. The number of amides is 1. The van der Waals surface area contributed by atoms with E-state index in [2.05, 4.69) is 42.4 Å². The molecule has 0 aliphatic heterocycles. The van der Waals surface area contributed by atoms with E-state index in [4.69, 9.17) is 9.47 Å². The van der Waals surface area contributed by atoms with Crippen molar-refractivity contribution in [2.24, 2.45) is 5.10 Å². The smallest absolute Gasteiger partial charge is 0.243 e. The van der Waals surface area contributed by atoms with Crippen molar-refractivity contribution in [1.29, 1.82) is 0 Å². The standard InChI is InChI=1S/C17H16Br2N2O3/c1-23-16-6-5-12(9-15(16)19)11-20-21-17(22)7-8-24-14-4-2-3-13(18)10-14/h2-6,9-11H,7-8H2,1H3,(H,21,22)/b20-11+. The average molecular weight is 456 g/mol. The number of carbonyl (C=O) groups is 1. The van der Waals surface area contributed by atoms with Gasteiger partial charge in [-0.2, -0.15) is 5.10 Å². The van der Waals surface area contributed by atoms with E-state index >= 15 is 0 Å². The van der Waals surface area contributed by atoms with E-state index in [9.17, 15) is 4.79 Å². The molecule has 24 heavy (non-hydrogen) atoms. The Balaban J connectivity index is 1.75. The zero-order valence-corrected chi connectivity index (χ0v) is 16.1. The Bertz CT molecular complexity index is 736. The number of methoxy groups -OCH3 is 1. The number of hydrazone groups is 1. The molecule has 2 rings (SSSR count). The number of nitrogens with one attached hydrogen (secondary N) is 1. The molecule has 0 aliphatic carbocycles. The molecule has 0 radical (unpaired) electrons. The third-order valence-corrected chi connectivity index (χ3v) is 4.09. The average Bonchev–Trinajstić information content (AvgIpc) is 2.55. The lowest BCUT2D eigenvalue weighted by atomic mass is 10.2. The summed E-state index contributed by atoms with van der Waals surface area (Å²) < 4.78 is 12.4. The molecule has 0 aliphatic rings. The molecule has 5 nitrogen and oxygen atoms in total. The predicted octanol–water partition coefficient (Wildman–Crippen LogP) is 4.14. The van der Waals surface area contributed by atoms with E-state index in [1.54, 1.807) is 13.3 Å². The molecule has 1 amide bonds. The van der Waals surface area contributed by atoms with Crippen LogP contribution in [0, 0.1) is 0 Å². The van der Waals surface area contributed by atoms with E-state index in [1.165, 1.54) is 0 Å². The number of halogens is 2. The van der Waals surface area contributed by atoms with Crippen molar-refractivity contribution in [3.63, 3.8) is 0 Å². The molecular weight excluding hydrogens is 440 g/mol. The fourth-order valence-electron chi connectivity index (χ4n) is 1.82. The topological polar surface area (TPSA) is 59.9 Å². The van der Waals surface area contributed by atoms with Gasteiger partial charge in [0.1, 0.15) is 11.5 Å². The van der Waals surface area contributed by atoms with Crippen LogP contribution in [0.25, 0.3) is 0 Å². The maximum Gasteiger partial charge on any atom is 0.243 e. The van der Waals surface area contributed by atoms with Crippen LogP contribution in [0.3, 0.4) is 0 Å². The van der Waals surface area contributed by atoms with Crippen LogP contribution >= 0.6 is 31.9 Å². The summed E-state index contributed by atoms with van der Waals surface area (Å²) in [5.41, 5.74) is 3.31. The number of rotatable bonds is 7. The van der Waals surface area contributed by atoms with Gasteiger partial charge in [-0.05, 0) is 57.9 Å². The van der Waals surface area contributed by atoms with Crippen LogP contribution < -0.4 is 14.9 Å². The normalized spacial score (nSPS) is 10.6. The summed E-state index contributed by atoms with van der Waals surface area (Å²) >= 11 is 6.76. The Morgan fingerprint density at radius 2 is 2.08 bits per heavy atom. The largest absolute Gasteiger partial charge is 0.496 e. The summed E-state index contributed by atoms with van der Waals surface area (Å²) in [7, 11) is 1.60. The summed E-state index contributed by atoms with van der Waals surface area (Å²) in [5.74, 6) is 1.23. The molecule has 2 aromatic rings. The zero-order valence-electron chi connectivity index (χ0n) is 13.0. The van der Waals surface area contributed by atoms with Gasteiger partial charge in [0.15, 0.2) is 0 Å². The summed E-state index contributed by atoms with van der Waals surface area (Å²) in [6.07, 6.45) is 1.79. The second kappa shape index (κ2) is 9.44. The van der Waals surface area contributed by atoms with Gasteiger partial charge in [0, 0.05) is 4.47 Å². The third kappa shape index (κ3) is 5.98. The molecule has 0 aromatic heterocycles. The van der Waals surface area contributed by atoms with Crippen LogP contribution in [0.15, 0.2) is 56.5 Å². The lowest BCUT2D eigenvalue weighted by molar-refractivity contribution is -0.121. The molecule has 0 saturated heterocycles. The molecule has 0 bridgehead atoms. The number of hydrogen-bond donors (Lipinski definition) is 1. The molecule has 0 heterocycles. The lowest BCUT2D eigenvalue weighted by Gasteiger charge is -2.05. The molecule has 2 aromatic carbocycles. The van der Waals surface area contributed by atoms with E-state index in [0.717, 1.165) is 20.3 Å². The number of hydrogen-bond acceptors (Lipinski definition) is 4. The summed E-state index contributed by atoms with van der Waals surface area (Å²) in [5, 5.41) is 3.93. The molecule has 0 spiro atoms. The SMILES string of the molecule is COc1ccc(/C=N/NC(=O)CCOc2cccc(Br)c2)cc1Br. The van der Waals surface area contributed by atoms with Crippen molar-refractivity contribution in [1.82, 2.24) is 5.43 Å². The van der Waals surface area contributed by atoms with Gasteiger partial charge in [-0.1, -0.05) is 22.0 Å². The van der Waals surface area contributed by atoms with Crippen molar-refractivity contribution in [3.8, 4) is 11.5 Å². The molecule has 0 unspecified atom stereocenters. The number of ether oxygens (including phenoxy) is 2. The Morgan fingerprint density at radius 3 is 2.79 bits per heavy atom. The molecule has 126 valence electrons. The Labute approximate surface area is 157 Å². The maximum absolute atomic E-state index is 11.7. The van der Waals surface area contributed by atoms with E-state index in [-0.39, 0.29) is 18.9 Å². The molecule has 1 N–H and O–H groups in total. The first-order chi connectivity index (χ1) is 11.6. The van der Waals surface area contributed by atoms with Crippen LogP contribution in [0.5, 0.6) is 11.5 Å². The second-order valence-electron chi connectivity index (χ2n) is 4.74. The van der Waals surface area contributed by atoms with Gasteiger partial charge in [0.25, 0.3) is 0 Å². The summed E-state index contributed by atoms with van der Waals surface area (Å²) in [6, 6.07) is 13.0. The van der Waals surface area contributed by atoms with Crippen molar-refractivity contribution in [3.05, 3.63) is 57.0 Å². The first kappa shape index (κ1) is 18.5. The lowest BCUT2D eigenvalue weighted by Crippen LogP contribution is -2.19. The highest BCUT2D eigenvalue weighted by atomic mass is 79.9. The minimum absolute atomic E-state index is 0.214. The van der Waals surface area contributed by atoms with Gasteiger partial charge in [0.2, 0.25) is 5.91 Å². The van der Waals surface area contributed by atoms with Crippen molar-refractivity contribution in [2.45, 2.75) is 6.42 Å².